The van der Waals surface area contributed by atoms with Crippen LogP contribution < -0.4 is 4.74 Å². The van der Waals surface area contributed by atoms with E-state index < -0.39 is 11.6 Å². The molecule has 0 aromatic heterocycles. The molecule has 1 aromatic carbocycles. The zero-order chi connectivity index (χ0) is 19.2. The maximum atomic E-state index is 14.5. The molecule has 0 bridgehead atoms. The normalized spacial score (nSPS) is 28.9. The third-order valence-corrected chi connectivity index (χ3v) is 6.40. The summed E-state index contributed by atoms with van der Waals surface area (Å²) in [6, 6.07) is 3.23. The van der Waals surface area contributed by atoms with Gasteiger partial charge in [-0.15, -0.1) is 0 Å². The molecule has 1 saturated carbocycles. The number of benzene rings is 1. The minimum Gasteiger partial charge on any atom is -0.490 e. The van der Waals surface area contributed by atoms with E-state index in [1.54, 1.807) is 12.1 Å². The first-order valence-electron chi connectivity index (χ1n) is 10.9. The highest BCUT2D eigenvalue weighted by atomic mass is 19.2. The van der Waals surface area contributed by atoms with E-state index in [1.807, 2.05) is 6.92 Å². The molecular formula is C23H34F2O2. The average molecular weight is 381 g/mol. The van der Waals surface area contributed by atoms with Gasteiger partial charge in [-0.25, -0.2) is 4.39 Å². The Labute approximate surface area is 162 Å². The van der Waals surface area contributed by atoms with Gasteiger partial charge in [-0.05, 0) is 55.6 Å². The fraction of sp³-hybridized carbons (Fsp3) is 0.739. The number of rotatable bonds is 7. The average Bonchev–Trinajstić information content (AvgIpc) is 2.70. The molecule has 4 heteroatoms. The highest BCUT2D eigenvalue weighted by Crippen LogP contribution is 2.40. The predicted molar refractivity (Wildman–Crippen MR) is 104 cm³/mol. The van der Waals surface area contributed by atoms with Gasteiger partial charge in [0.25, 0.3) is 0 Å². The van der Waals surface area contributed by atoms with Gasteiger partial charge >= 0.3 is 0 Å². The summed E-state index contributed by atoms with van der Waals surface area (Å²) in [6.45, 7) is 5.09. The number of hydrogen-bond acceptors (Lipinski definition) is 2. The van der Waals surface area contributed by atoms with Crippen LogP contribution in [0.3, 0.4) is 0 Å². The maximum absolute atomic E-state index is 14.5. The monoisotopic (exact) mass is 380 g/mol. The van der Waals surface area contributed by atoms with Gasteiger partial charge in [-0.1, -0.05) is 45.6 Å². The van der Waals surface area contributed by atoms with Crippen LogP contribution in [-0.2, 0) is 4.74 Å². The van der Waals surface area contributed by atoms with Crippen molar-refractivity contribution in [3.8, 4) is 5.75 Å². The van der Waals surface area contributed by atoms with E-state index in [1.165, 1.54) is 38.5 Å². The van der Waals surface area contributed by atoms with Gasteiger partial charge in [0.1, 0.15) is 0 Å². The van der Waals surface area contributed by atoms with Crippen molar-refractivity contribution in [1.29, 1.82) is 0 Å². The number of ether oxygens (including phenoxy) is 2. The Morgan fingerprint density at radius 2 is 1.74 bits per heavy atom. The Bertz CT molecular complexity index is 588. The Morgan fingerprint density at radius 1 is 0.963 bits per heavy atom. The summed E-state index contributed by atoms with van der Waals surface area (Å²) in [4.78, 5) is 0. The van der Waals surface area contributed by atoms with Crippen molar-refractivity contribution in [3.63, 3.8) is 0 Å². The van der Waals surface area contributed by atoms with Gasteiger partial charge in [0.15, 0.2) is 11.6 Å². The molecule has 2 aliphatic rings. The van der Waals surface area contributed by atoms with E-state index in [9.17, 15) is 8.78 Å². The molecule has 1 aliphatic carbocycles. The smallest absolute Gasteiger partial charge is 0.200 e. The third kappa shape index (κ3) is 5.01. The van der Waals surface area contributed by atoms with Crippen LogP contribution in [-0.4, -0.2) is 19.3 Å². The lowest BCUT2D eigenvalue weighted by Crippen LogP contribution is -2.33. The number of hydrogen-bond donors (Lipinski definition) is 0. The Kier molecular flexibility index (Phi) is 7.51. The van der Waals surface area contributed by atoms with Gasteiger partial charge in [-0.2, -0.15) is 4.39 Å². The van der Waals surface area contributed by atoms with Crippen LogP contribution in [0, 0.1) is 23.5 Å². The quantitative estimate of drug-likeness (QED) is 0.529. The van der Waals surface area contributed by atoms with Crippen molar-refractivity contribution >= 4 is 0 Å². The summed E-state index contributed by atoms with van der Waals surface area (Å²) < 4.78 is 40.2. The van der Waals surface area contributed by atoms with E-state index in [2.05, 4.69) is 6.92 Å². The van der Waals surface area contributed by atoms with Crippen molar-refractivity contribution in [2.24, 2.45) is 11.8 Å². The third-order valence-electron chi connectivity index (χ3n) is 6.40. The van der Waals surface area contributed by atoms with Crippen molar-refractivity contribution in [3.05, 3.63) is 29.3 Å². The van der Waals surface area contributed by atoms with Crippen LogP contribution in [0.5, 0.6) is 5.75 Å². The summed E-state index contributed by atoms with van der Waals surface area (Å²) in [7, 11) is 0. The van der Waals surface area contributed by atoms with E-state index in [-0.39, 0.29) is 11.7 Å². The summed E-state index contributed by atoms with van der Waals surface area (Å²) >= 11 is 0. The SMILES string of the molecule is CCCOc1ccc([C@@H]2CCC(C3CCC(CCC)CC3)OC2)c(F)c1F. The van der Waals surface area contributed by atoms with Gasteiger partial charge < -0.3 is 9.47 Å². The standard InChI is InChI=1S/C23H34F2O2/c1-3-5-16-6-8-17(9-7-16)20-12-10-18(15-27-20)19-11-13-21(26-14-4-2)23(25)22(19)24/h11,13,16-18,20H,3-10,12,14-15H2,1-2H3/t16?,17?,18-,20?/m1/s1. The molecule has 0 N–H and O–H groups in total. The van der Waals surface area contributed by atoms with Crippen molar-refractivity contribution < 1.29 is 18.3 Å². The minimum atomic E-state index is -0.864. The summed E-state index contributed by atoms with van der Waals surface area (Å²) in [6.07, 6.45) is 10.7. The Balaban J connectivity index is 1.54. The fourth-order valence-electron chi connectivity index (χ4n) is 4.83. The lowest BCUT2D eigenvalue weighted by molar-refractivity contribution is -0.0440. The van der Waals surface area contributed by atoms with Crippen LogP contribution in [0.15, 0.2) is 12.1 Å². The van der Waals surface area contributed by atoms with Gasteiger partial charge in [0, 0.05) is 5.92 Å². The molecule has 1 aliphatic heterocycles. The highest BCUT2D eigenvalue weighted by molar-refractivity contribution is 5.33. The Morgan fingerprint density at radius 3 is 2.37 bits per heavy atom. The molecule has 27 heavy (non-hydrogen) atoms. The van der Waals surface area contributed by atoms with E-state index in [4.69, 9.17) is 9.47 Å². The van der Waals surface area contributed by atoms with Gasteiger partial charge in [0.05, 0.1) is 19.3 Å². The zero-order valence-corrected chi connectivity index (χ0v) is 16.8. The van der Waals surface area contributed by atoms with Crippen molar-refractivity contribution in [2.75, 3.05) is 13.2 Å². The van der Waals surface area contributed by atoms with Crippen LogP contribution in [0.25, 0.3) is 0 Å². The molecule has 1 unspecified atom stereocenters. The largest absolute Gasteiger partial charge is 0.490 e. The lowest BCUT2D eigenvalue weighted by atomic mass is 9.75. The van der Waals surface area contributed by atoms with Gasteiger partial charge in [-0.3, -0.25) is 0 Å². The molecule has 2 nitrogen and oxygen atoms in total. The van der Waals surface area contributed by atoms with Crippen LogP contribution in [0.4, 0.5) is 8.78 Å². The molecule has 2 atom stereocenters. The molecule has 1 saturated heterocycles. The van der Waals surface area contributed by atoms with Gasteiger partial charge in [0.2, 0.25) is 5.82 Å². The van der Waals surface area contributed by atoms with E-state index in [0.29, 0.717) is 30.8 Å². The first kappa shape index (κ1) is 20.6. The molecule has 152 valence electrons. The van der Waals surface area contributed by atoms with Crippen LogP contribution >= 0.6 is 0 Å². The van der Waals surface area contributed by atoms with Crippen LogP contribution in [0.1, 0.15) is 83.1 Å². The summed E-state index contributed by atoms with van der Waals surface area (Å²) in [5, 5.41) is 0. The fourth-order valence-corrected chi connectivity index (χ4v) is 4.83. The molecule has 2 fully saturated rings. The molecule has 0 radical (unpaired) electrons. The van der Waals surface area contributed by atoms with E-state index in [0.717, 1.165) is 25.2 Å². The molecule has 0 spiro atoms. The molecule has 3 rings (SSSR count). The second kappa shape index (κ2) is 9.86. The first-order chi connectivity index (χ1) is 13.1. The minimum absolute atomic E-state index is 0.0107. The summed E-state index contributed by atoms with van der Waals surface area (Å²) in [5.74, 6) is -0.143. The van der Waals surface area contributed by atoms with E-state index >= 15 is 0 Å². The topological polar surface area (TPSA) is 18.5 Å². The van der Waals surface area contributed by atoms with Crippen molar-refractivity contribution in [1.82, 2.24) is 0 Å². The second-order valence-corrected chi connectivity index (χ2v) is 8.34. The van der Waals surface area contributed by atoms with Crippen molar-refractivity contribution in [2.45, 2.75) is 83.7 Å². The maximum Gasteiger partial charge on any atom is 0.200 e. The summed E-state index contributed by atoms with van der Waals surface area (Å²) in [5.41, 5.74) is 0.432. The Hall–Kier alpha value is -1.16. The number of halogens is 2. The molecule has 1 aromatic rings. The molecule has 0 amide bonds. The lowest BCUT2D eigenvalue weighted by Gasteiger charge is -2.38. The molecule has 1 heterocycles. The second-order valence-electron chi connectivity index (χ2n) is 8.34. The first-order valence-corrected chi connectivity index (χ1v) is 10.9. The van der Waals surface area contributed by atoms with Crippen LogP contribution in [0.2, 0.25) is 0 Å². The highest BCUT2D eigenvalue weighted by Gasteiger charge is 2.33. The molecular weight excluding hydrogens is 346 g/mol. The predicted octanol–water partition coefficient (Wildman–Crippen LogP) is 6.62. The zero-order valence-electron chi connectivity index (χ0n) is 16.8.